The lowest BCUT2D eigenvalue weighted by Crippen LogP contribution is -1.87. The molecule has 2 heteroatoms. The number of hydrogen-bond donors (Lipinski definition) is 0. The topological polar surface area (TPSA) is 25.8 Å². The lowest BCUT2D eigenvalue weighted by molar-refractivity contribution is 1.32. The summed E-state index contributed by atoms with van der Waals surface area (Å²) in [6, 6.07) is 25.2. The quantitative estimate of drug-likeness (QED) is 0.501. The fraction of sp³-hybridized carbons (Fsp3) is 0. The summed E-state index contributed by atoms with van der Waals surface area (Å²) in [5, 5.41) is 0. The van der Waals surface area contributed by atoms with Crippen LogP contribution >= 0.6 is 0 Å². The fourth-order valence-electron chi connectivity index (χ4n) is 2.83. The van der Waals surface area contributed by atoms with E-state index in [1.54, 1.807) is 12.4 Å². The van der Waals surface area contributed by atoms with Gasteiger partial charge in [-0.25, -0.2) is 0 Å². The molecule has 0 saturated heterocycles. The van der Waals surface area contributed by atoms with Gasteiger partial charge in [-0.05, 0) is 52.6 Å². The molecule has 0 unspecified atom stereocenters. The smallest absolute Gasteiger partial charge is 0.0346 e. The molecule has 0 radical (unpaired) electrons. The minimum atomic E-state index is 1.11. The van der Waals surface area contributed by atoms with E-state index >= 15 is 0 Å². The first-order valence-electron chi connectivity index (χ1n) is 7.91. The van der Waals surface area contributed by atoms with Crippen molar-refractivity contribution >= 4 is 0 Å². The third kappa shape index (κ3) is 2.95. The molecule has 0 fully saturated rings. The van der Waals surface area contributed by atoms with Crippen molar-refractivity contribution in [3.8, 4) is 33.4 Å². The summed E-state index contributed by atoms with van der Waals surface area (Å²) in [6.07, 6.45) is 7.40. The lowest BCUT2D eigenvalue weighted by atomic mass is 9.94. The molecule has 2 aromatic carbocycles. The van der Waals surface area contributed by atoms with Gasteiger partial charge in [-0.2, -0.15) is 0 Å². The molecule has 0 atom stereocenters. The second-order valence-corrected chi connectivity index (χ2v) is 5.65. The molecule has 0 aliphatic rings. The maximum Gasteiger partial charge on any atom is 0.0346 e. The molecule has 2 aromatic heterocycles. The van der Waals surface area contributed by atoms with Crippen molar-refractivity contribution in [1.29, 1.82) is 0 Å². The van der Waals surface area contributed by atoms with Crippen LogP contribution in [0.15, 0.2) is 97.6 Å². The van der Waals surface area contributed by atoms with Crippen molar-refractivity contribution in [3.05, 3.63) is 97.6 Å². The maximum absolute atomic E-state index is 4.25. The summed E-state index contributed by atoms with van der Waals surface area (Å²) in [5.74, 6) is 0. The molecule has 2 nitrogen and oxygen atoms in total. The minimum absolute atomic E-state index is 1.11. The Morgan fingerprint density at radius 2 is 0.875 bits per heavy atom. The number of benzene rings is 2. The number of aromatic nitrogens is 2. The van der Waals surface area contributed by atoms with Crippen LogP contribution in [0.2, 0.25) is 0 Å². The Bertz CT molecular complexity index is 794. The second kappa shape index (κ2) is 6.47. The van der Waals surface area contributed by atoms with E-state index in [0.29, 0.717) is 0 Å². The van der Waals surface area contributed by atoms with E-state index in [1.807, 2.05) is 30.6 Å². The molecule has 4 aromatic rings. The van der Waals surface area contributed by atoms with Crippen molar-refractivity contribution in [2.75, 3.05) is 0 Å². The van der Waals surface area contributed by atoms with E-state index in [0.717, 1.165) is 22.3 Å². The van der Waals surface area contributed by atoms with Gasteiger partial charge >= 0.3 is 0 Å². The molecular weight excluding hydrogens is 292 g/mol. The van der Waals surface area contributed by atoms with E-state index in [1.165, 1.54) is 11.1 Å². The van der Waals surface area contributed by atoms with Gasteiger partial charge in [0, 0.05) is 35.9 Å². The second-order valence-electron chi connectivity index (χ2n) is 5.65. The first-order chi connectivity index (χ1) is 11.9. The third-order valence-corrected chi connectivity index (χ3v) is 4.03. The van der Waals surface area contributed by atoms with Crippen LogP contribution in [-0.2, 0) is 0 Å². The summed E-state index contributed by atoms with van der Waals surface area (Å²) in [6.45, 7) is 0. The number of rotatable bonds is 3. The average molecular weight is 308 g/mol. The largest absolute Gasteiger partial charge is 0.264 e. The first kappa shape index (κ1) is 14.3. The highest BCUT2D eigenvalue weighted by molar-refractivity contribution is 5.80. The zero-order valence-corrected chi connectivity index (χ0v) is 13.1. The van der Waals surface area contributed by atoms with Crippen molar-refractivity contribution in [2.45, 2.75) is 0 Å². The van der Waals surface area contributed by atoms with Crippen LogP contribution in [0.5, 0.6) is 0 Å². The fourth-order valence-corrected chi connectivity index (χ4v) is 2.83. The molecule has 0 N–H and O–H groups in total. The molecule has 0 saturated carbocycles. The highest BCUT2D eigenvalue weighted by Crippen LogP contribution is 2.32. The molecule has 2 heterocycles. The summed E-state index contributed by atoms with van der Waals surface area (Å²) in [5.41, 5.74) is 6.93. The summed E-state index contributed by atoms with van der Waals surface area (Å²) in [7, 11) is 0. The van der Waals surface area contributed by atoms with E-state index in [4.69, 9.17) is 0 Å². The van der Waals surface area contributed by atoms with Crippen LogP contribution in [0.25, 0.3) is 33.4 Å². The van der Waals surface area contributed by atoms with Crippen molar-refractivity contribution in [2.24, 2.45) is 0 Å². The zero-order valence-electron chi connectivity index (χ0n) is 13.1. The Balaban J connectivity index is 1.92. The molecule has 24 heavy (non-hydrogen) atoms. The average Bonchev–Trinajstić information content (AvgIpc) is 2.70. The van der Waals surface area contributed by atoms with Crippen LogP contribution in [0.1, 0.15) is 0 Å². The van der Waals surface area contributed by atoms with Gasteiger partial charge in [-0.15, -0.1) is 0 Å². The zero-order chi connectivity index (χ0) is 16.2. The van der Waals surface area contributed by atoms with E-state index in [-0.39, 0.29) is 0 Å². The monoisotopic (exact) mass is 308 g/mol. The highest BCUT2D eigenvalue weighted by Gasteiger charge is 2.07. The molecule has 0 aliphatic carbocycles. The maximum atomic E-state index is 4.25. The van der Waals surface area contributed by atoms with E-state index < -0.39 is 0 Å². The Kier molecular flexibility index (Phi) is 3.86. The minimum Gasteiger partial charge on any atom is -0.264 e. The predicted molar refractivity (Wildman–Crippen MR) is 98.3 cm³/mol. The lowest BCUT2D eigenvalue weighted by Gasteiger charge is -2.10. The van der Waals surface area contributed by atoms with Crippen LogP contribution < -0.4 is 0 Å². The van der Waals surface area contributed by atoms with Crippen molar-refractivity contribution in [3.63, 3.8) is 0 Å². The van der Waals surface area contributed by atoms with E-state index in [2.05, 4.69) is 64.6 Å². The normalized spacial score (nSPS) is 10.5. The van der Waals surface area contributed by atoms with Crippen molar-refractivity contribution in [1.82, 2.24) is 9.97 Å². The third-order valence-electron chi connectivity index (χ3n) is 4.03. The summed E-state index contributed by atoms with van der Waals surface area (Å²) in [4.78, 5) is 8.51. The predicted octanol–water partition coefficient (Wildman–Crippen LogP) is 5.48. The Morgan fingerprint density at radius 3 is 1.33 bits per heavy atom. The summed E-state index contributed by atoms with van der Waals surface area (Å²) >= 11 is 0. The van der Waals surface area contributed by atoms with Crippen LogP contribution in [0.4, 0.5) is 0 Å². The molecular formula is C22H16N2. The van der Waals surface area contributed by atoms with Crippen LogP contribution in [0.3, 0.4) is 0 Å². The highest BCUT2D eigenvalue weighted by atomic mass is 14.6. The molecule has 0 spiro atoms. The number of nitrogens with zero attached hydrogens (tertiary/aromatic N) is 2. The molecule has 114 valence electrons. The van der Waals surface area contributed by atoms with Gasteiger partial charge < -0.3 is 0 Å². The van der Waals surface area contributed by atoms with Gasteiger partial charge in [0.1, 0.15) is 0 Å². The molecule has 0 amide bonds. The van der Waals surface area contributed by atoms with Gasteiger partial charge in [0.15, 0.2) is 0 Å². The Morgan fingerprint density at radius 1 is 0.417 bits per heavy atom. The van der Waals surface area contributed by atoms with Crippen molar-refractivity contribution < 1.29 is 0 Å². The number of hydrogen-bond acceptors (Lipinski definition) is 2. The van der Waals surface area contributed by atoms with Gasteiger partial charge in [-0.3, -0.25) is 9.97 Å². The molecule has 0 bridgehead atoms. The first-order valence-corrected chi connectivity index (χ1v) is 7.91. The Hall–Kier alpha value is -3.26. The van der Waals surface area contributed by atoms with Gasteiger partial charge in [0.05, 0.1) is 0 Å². The SMILES string of the molecule is c1ccc(-c2cc(-c3cccnc3)cc(-c3cccnc3)c2)cc1. The Labute approximate surface area is 141 Å². The number of pyridine rings is 2. The standard InChI is InChI=1S/C22H16N2/c1-2-6-17(7-3-1)20-12-21(18-8-4-10-23-15-18)14-22(13-20)19-9-5-11-24-16-19/h1-16H. The van der Waals surface area contributed by atoms with Gasteiger partial charge in [0.2, 0.25) is 0 Å². The summed E-state index contributed by atoms with van der Waals surface area (Å²) < 4.78 is 0. The van der Waals surface area contributed by atoms with Gasteiger partial charge in [0.25, 0.3) is 0 Å². The van der Waals surface area contributed by atoms with Gasteiger partial charge in [-0.1, -0.05) is 42.5 Å². The van der Waals surface area contributed by atoms with Crippen LogP contribution in [-0.4, -0.2) is 9.97 Å². The van der Waals surface area contributed by atoms with Crippen LogP contribution in [0, 0.1) is 0 Å². The van der Waals surface area contributed by atoms with E-state index in [9.17, 15) is 0 Å². The molecule has 4 rings (SSSR count). The molecule has 0 aliphatic heterocycles.